The van der Waals surface area contributed by atoms with E-state index < -0.39 is 0 Å². The molecule has 0 aromatic rings. The van der Waals surface area contributed by atoms with Crippen LogP contribution in [0, 0.1) is 5.92 Å². The van der Waals surface area contributed by atoms with E-state index in [1.807, 2.05) is 7.05 Å². The Hall–Kier alpha value is -0.570. The van der Waals surface area contributed by atoms with Crippen molar-refractivity contribution in [2.45, 2.75) is 64.3 Å². The average molecular weight is 240 g/mol. The highest BCUT2D eigenvalue weighted by Crippen LogP contribution is 2.31. The molecule has 1 aliphatic rings. The molecular weight excluding hydrogens is 212 g/mol. The molecule has 100 valence electrons. The van der Waals surface area contributed by atoms with Crippen LogP contribution < -0.4 is 10.6 Å². The number of amides is 1. The smallest absolute Gasteiger partial charge is 0.223 e. The van der Waals surface area contributed by atoms with Crippen LogP contribution in [-0.4, -0.2) is 25.0 Å². The fourth-order valence-electron chi connectivity index (χ4n) is 2.50. The van der Waals surface area contributed by atoms with Crippen molar-refractivity contribution in [1.82, 2.24) is 10.6 Å². The van der Waals surface area contributed by atoms with E-state index in [0.29, 0.717) is 0 Å². The van der Waals surface area contributed by atoms with Crippen molar-refractivity contribution in [2.75, 3.05) is 13.6 Å². The molecule has 1 amide bonds. The minimum atomic E-state index is 0.0604. The first-order chi connectivity index (χ1) is 8.13. The minimum absolute atomic E-state index is 0.0604. The van der Waals surface area contributed by atoms with Gasteiger partial charge in [0.2, 0.25) is 5.91 Å². The maximum Gasteiger partial charge on any atom is 0.223 e. The zero-order valence-electron chi connectivity index (χ0n) is 11.6. The first-order valence-electron chi connectivity index (χ1n) is 7.10. The van der Waals surface area contributed by atoms with Crippen LogP contribution in [0.15, 0.2) is 0 Å². The fourth-order valence-corrected chi connectivity index (χ4v) is 2.50. The van der Waals surface area contributed by atoms with E-state index >= 15 is 0 Å². The molecule has 1 unspecified atom stereocenters. The molecule has 3 nitrogen and oxygen atoms in total. The normalized spacial score (nSPS) is 19.5. The zero-order valence-corrected chi connectivity index (χ0v) is 11.6. The molecule has 2 N–H and O–H groups in total. The Morgan fingerprint density at radius 3 is 2.53 bits per heavy atom. The molecule has 0 aromatic heterocycles. The van der Waals surface area contributed by atoms with Gasteiger partial charge in [0.15, 0.2) is 0 Å². The predicted octanol–water partition coefficient (Wildman–Crippen LogP) is 2.46. The molecule has 0 heterocycles. The van der Waals surface area contributed by atoms with Gasteiger partial charge in [0, 0.05) is 12.5 Å². The summed E-state index contributed by atoms with van der Waals surface area (Å²) >= 11 is 0. The van der Waals surface area contributed by atoms with Gasteiger partial charge in [0.25, 0.3) is 0 Å². The molecule has 0 radical (unpaired) electrons. The lowest BCUT2D eigenvalue weighted by atomic mass is 9.76. The van der Waals surface area contributed by atoms with Gasteiger partial charge < -0.3 is 10.6 Å². The first kappa shape index (κ1) is 14.5. The third-order valence-corrected chi connectivity index (χ3v) is 3.90. The van der Waals surface area contributed by atoms with Crippen LogP contribution in [0.25, 0.3) is 0 Å². The molecule has 3 heteroatoms. The largest absolute Gasteiger partial charge is 0.349 e. The third kappa shape index (κ3) is 4.30. The van der Waals surface area contributed by atoms with Crippen LogP contribution >= 0.6 is 0 Å². The monoisotopic (exact) mass is 240 g/mol. The third-order valence-electron chi connectivity index (χ3n) is 3.90. The predicted molar refractivity (Wildman–Crippen MR) is 72.0 cm³/mol. The second kappa shape index (κ2) is 7.00. The van der Waals surface area contributed by atoms with Crippen LogP contribution in [-0.2, 0) is 4.79 Å². The molecule has 0 aliphatic heterocycles. The number of unbranched alkanes of at least 4 members (excludes halogenated alkanes) is 2. The highest BCUT2D eigenvalue weighted by atomic mass is 16.2. The van der Waals surface area contributed by atoms with E-state index in [9.17, 15) is 4.79 Å². The quantitative estimate of drug-likeness (QED) is 0.640. The number of carbonyl (C=O) groups excluding carboxylic acids is 1. The van der Waals surface area contributed by atoms with Gasteiger partial charge in [-0.05, 0) is 32.7 Å². The van der Waals surface area contributed by atoms with E-state index in [-0.39, 0.29) is 17.4 Å². The maximum atomic E-state index is 12.1. The van der Waals surface area contributed by atoms with E-state index in [0.717, 1.165) is 25.8 Å². The van der Waals surface area contributed by atoms with Gasteiger partial charge in [-0.25, -0.2) is 0 Å². The summed E-state index contributed by atoms with van der Waals surface area (Å²) in [6.45, 7) is 5.15. The summed E-state index contributed by atoms with van der Waals surface area (Å²) in [7, 11) is 1.96. The second-order valence-electron chi connectivity index (χ2n) is 5.55. The SMILES string of the molecule is CCCCCC(C)C(=O)NC1(CNC)CCC1. The highest BCUT2D eigenvalue weighted by Gasteiger charge is 2.38. The molecule has 1 rings (SSSR count). The van der Waals surface area contributed by atoms with E-state index in [2.05, 4.69) is 24.5 Å². The van der Waals surface area contributed by atoms with Gasteiger partial charge in [-0.3, -0.25) is 4.79 Å². The number of hydrogen-bond acceptors (Lipinski definition) is 2. The second-order valence-corrected chi connectivity index (χ2v) is 5.55. The molecule has 0 saturated heterocycles. The number of nitrogens with one attached hydrogen (secondary N) is 2. The summed E-state index contributed by atoms with van der Waals surface area (Å²) in [6, 6.07) is 0. The van der Waals surface area contributed by atoms with Crippen molar-refractivity contribution in [2.24, 2.45) is 5.92 Å². The zero-order chi connectivity index (χ0) is 12.7. The van der Waals surface area contributed by atoms with Crippen molar-refractivity contribution in [1.29, 1.82) is 0 Å². The number of hydrogen-bond donors (Lipinski definition) is 2. The summed E-state index contributed by atoms with van der Waals surface area (Å²) in [5.74, 6) is 0.409. The lowest BCUT2D eigenvalue weighted by molar-refractivity contribution is -0.127. The molecule has 0 bridgehead atoms. The topological polar surface area (TPSA) is 41.1 Å². The van der Waals surface area contributed by atoms with Crippen molar-refractivity contribution in [3.05, 3.63) is 0 Å². The average Bonchev–Trinajstić information content (AvgIpc) is 2.26. The molecule has 17 heavy (non-hydrogen) atoms. The van der Waals surface area contributed by atoms with Gasteiger partial charge in [0.05, 0.1) is 5.54 Å². The molecule has 0 aromatic carbocycles. The number of rotatable bonds is 8. The Kier molecular flexibility index (Phi) is 5.96. The van der Waals surface area contributed by atoms with Crippen LogP contribution in [0.2, 0.25) is 0 Å². The highest BCUT2D eigenvalue weighted by molar-refractivity contribution is 5.79. The molecule has 0 spiro atoms. The standard InChI is InChI=1S/C14H28N2O/c1-4-5-6-8-12(2)13(17)16-14(11-15-3)9-7-10-14/h12,15H,4-11H2,1-3H3,(H,16,17). The molecular formula is C14H28N2O. The molecule has 1 saturated carbocycles. The van der Waals surface area contributed by atoms with Crippen molar-refractivity contribution < 1.29 is 4.79 Å². The Morgan fingerprint density at radius 2 is 2.06 bits per heavy atom. The van der Waals surface area contributed by atoms with E-state index in [1.165, 1.54) is 25.7 Å². The number of carbonyl (C=O) groups is 1. The number of likely N-dealkylation sites (N-methyl/N-ethyl adjacent to an activating group) is 1. The summed E-state index contributed by atoms with van der Waals surface area (Å²) in [6.07, 6.45) is 8.14. The Morgan fingerprint density at radius 1 is 1.35 bits per heavy atom. The van der Waals surface area contributed by atoms with Crippen molar-refractivity contribution >= 4 is 5.91 Å². The maximum absolute atomic E-state index is 12.1. The molecule has 1 atom stereocenters. The lowest BCUT2D eigenvalue weighted by Crippen LogP contribution is -2.59. The Balaban J connectivity index is 2.31. The van der Waals surface area contributed by atoms with Gasteiger partial charge in [0.1, 0.15) is 0 Å². The van der Waals surface area contributed by atoms with Gasteiger partial charge >= 0.3 is 0 Å². The van der Waals surface area contributed by atoms with Gasteiger partial charge in [-0.2, -0.15) is 0 Å². The lowest BCUT2D eigenvalue weighted by Gasteiger charge is -2.43. The Labute approximate surface area is 106 Å². The van der Waals surface area contributed by atoms with Crippen LogP contribution in [0.3, 0.4) is 0 Å². The summed E-state index contributed by atoms with van der Waals surface area (Å²) in [5, 5.41) is 6.45. The summed E-state index contributed by atoms with van der Waals surface area (Å²) in [4.78, 5) is 12.1. The Bertz CT molecular complexity index is 236. The summed E-state index contributed by atoms with van der Waals surface area (Å²) < 4.78 is 0. The minimum Gasteiger partial charge on any atom is -0.349 e. The van der Waals surface area contributed by atoms with Gasteiger partial charge in [-0.1, -0.05) is 33.1 Å². The van der Waals surface area contributed by atoms with E-state index in [1.54, 1.807) is 0 Å². The summed E-state index contributed by atoms with van der Waals surface area (Å²) in [5.41, 5.74) is 0.0604. The fraction of sp³-hybridized carbons (Fsp3) is 0.929. The molecule has 1 fully saturated rings. The van der Waals surface area contributed by atoms with Crippen LogP contribution in [0.1, 0.15) is 58.8 Å². The van der Waals surface area contributed by atoms with Crippen LogP contribution in [0.4, 0.5) is 0 Å². The van der Waals surface area contributed by atoms with Crippen molar-refractivity contribution in [3.8, 4) is 0 Å². The van der Waals surface area contributed by atoms with Gasteiger partial charge in [-0.15, -0.1) is 0 Å². The van der Waals surface area contributed by atoms with Crippen molar-refractivity contribution in [3.63, 3.8) is 0 Å². The van der Waals surface area contributed by atoms with E-state index in [4.69, 9.17) is 0 Å². The molecule has 1 aliphatic carbocycles. The first-order valence-corrected chi connectivity index (χ1v) is 7.10. The van der Waals surface area contributed by atoms with Crippen LogP contribution in [0.5, 0.6) is 0 Å².